The van der Waals surface area contributed by atoms with Crippen LogP contribution in [-0.4, -0.2) is 65.6 Å². The number of rotatable bonds is 12. The number of benzene rings is 1. The third-order valence-corrected chi connectivity index (χ3v) is 8.36. The van der Waals surface area contributed by atoms with Gasteiger partial charge in [-0.25, -0.2) is 9.59 Å². The Morgan fingerprint density at radius 1 is 0.925 bits per heavy atom. The normalized spacial score (nSPS) is 11.3. The molecule has 11 nitrogen and oxygen atoms in total. The van der Waals surface area contributed by atoms with Crippen LogP contribution in [0.3, 0.4) is 0 Å². The van der Waals surface area contributed by atoms with Crippen molar-refractivity contribution in [3.05, 3.63) is 45.1 Å². The number of nitrogens with zero attached hydrogens (tertiary/aromatic N) is 2. The van der Waals surface area contributed by atoms with Crippen molar-refractivity contribution in [1.82, 2.24) is 4.57 Å². The Morgan fingerprint density at radius 3 is 2.30 bits per heavy atom. The molecule has 2 aromatic heterocycles. The Balaban J connectivity index is 1.70. The molecule has 2 amide bonds. The largest absolute Gasteiger partial charge is 0.465 e. The number of esters is 3. The van der Waals surface area contributed by atoms with E-state index in [9.17, 15) is 24.0 Å². The van der Waals surface area contributed by atoms with E-state index in [2.05, 4.69) is 10.3 Å². The average molecular weight is 608 g/mol. The molecule has 0 unspecified atom stereocenters. The first-order chi connectivity index (χ1) is 19.2. The van der Waals surface area contributed by atoms with E-state index in [-0.39, 0.29) is 53.3 Å². The lowest BCUT2D eigenvalue weighted by molar-refractivity contribution is -0.143. The Labute approximate surface area is 242 Å². The highest BCUT2D eigenvalue weighted by molar-refractivity contribution is 8.00. The number of para-hydroxylation sites is 1. The van der Waals surface area contributed by atoms with Crippen LogP contribution >= 0.6 is 34.4 Å². The molecule has 0 saturated heterocycles. The van der Waals surface area contributed by atoms with Crippen molar-refractivity contribution in [2.24, 2.45) is 4.99 Å². The number of thiazole rings is 1. The molecule has 214 valence electrons. The minimum Gasteiger partial charge on any atom is -0.465 e. The second-order valence-corrected chi connectivity index (χ2v) is 11.0. The number of nitrogens with one attached hydrogen (secondary N) is 1. The summed E-state index contributed by atoms with van der Waals surface area (Å²) in [7, 11) is 0. The third kappa shape index (κ3) is 7.79. The summed E-state index contributed by atoms with van der Waals surface area (Å²) in [6, 6.07) is 7.38. The van der Waals surface area contributed by atoms with Gasteiger partial charge in [0.15, 0.2) is 4.80 Å². The maximum Gasteiger partial charge on any atom is 0.348 e. The van der Waals surface area contributed by atoms with E-state index in [0.29, 0.717) is 10.4 Å². The van der Waals surface area contributed by atoms with Crippen molar-refractivity contribution in [3.8, 4) is 0 Å². The molecule has 3 aromatic rings. The van der Waals surface area contributed by atoms with Crippen LogP contribution in [0.5, 0.6) is 0 Å². The number of thiophene rings is 1. The zero-order chi connectivity index (χ0) is 29.2. The van der Waals surface area contributed by atoms with Crippen molar-refractivity contribution in [2.45, 2.75) is 34.2 Å². The number of thioether (sulfide) groups is 1. The number of aromatic nitrogens is 1. The summed E-state index contributed by atoms with van der Waals surface area (Å²) < 4.78 is 17.7. The van der Waals surface area contributed by atoms with Gasteiger partial charge in [0.2, 0.25) is 5.91 Å². The second-order valence-electron chi connectivity index (χ2n) is 7.99. The fraction of sp³-hybridized carbons (Fsp3) is 0.385. The highest BCUT2D eigenvalue weighted by Crippen LogP contribution is 2.34. The van der Waals surface area contributed by atoms with E-state index >= 15 is 0 Å². The number of amides is 2. The third-order valence-electron chi connectivity index (χ3n) is 5.20. The number of hydrogen-bond donors (Lipinski definition) is 1. The maximum atomic E-state index is 12.7. The predicted octanol–water partition coefficient (Wildman–Crippen LogP) is 3.79. The van der Waals surface area contributed by atoms with Crippen LogP contribution in [0.15, 0.2) is 29.3 Å². The van der Waals surface area contributed by atoms with Crippen molar-refractivity contribution < 1.29 is 38.2 Å². The van der Waals surface area contributed by atoms with Crippen molar-refractivity contribution >= 4 is 79.4 Å². The molecular weight excluding hydrogens is 579 g/mol. The van der Waals surface area contributed by atoms with E-state index in [4.69, 9.17) is 14.2 Å². The first kappa shape index (κ1) is 31.0. The van der Waals surface area contributed by atoms with Gasteiger partial charge in [-0.15, -0.1) is 23.1 Å². The lowest BCUT2D eigenvalue weighted by Gasteiger charge is -2.07. The quantitative estimate of drug-likeness (QED) is 0.240. The fourth-order valence-corrected chi connectivity index (χ4v) is 6.32. The zero-order valence-corrected chi connectivity index (χ0v) is 24.9. The van der Waals surface area contributed by atoms with Gasteiger partial charge < -0.3 is 24.1 Å². The number of anilines is 1. The minimum absolute atomic E-state index is 0.0870. The Kier molecular flexibility index (Phi) is 11.5. The molecule has 40 heavy (non-hydrogen) atoms. The van der Waals surface area contributed by atoms with Crippen molar-refractivity contribution in [3.63, 3.8) is 0 Å². The van der Waals surface area contributed by atoms with Gasteiger partial charge >= 0.3 is 17.9 Å². The fourth-order valence-electron chi connectivity index (χ4n) is 3.57. The molecule has 0 saturated carbocycles. The van der Waals surface area contributed by atoms with Crippen LogP contribution in [0.25, 0.3) is 10.2 Å². The van der Waals surface area contributed by atoms with Crippen molar-refractivity contribution in [2.75, 3.05) is 36.6 Å². The first-order valence-corrected chi connectivity index (χ1v) is 15.2. The van der Waals surface area contributed by atoms with Crippen LogP contribution < -0.4 is 10.1 Å². The number of hydrogen-bond acceptors (Lipinski definition) is 11. The summed E-state index contributed by atoms with van der Waals surface area (Å²) in [4.78, 5) is 67.0. The van der Waals surface area contributed by atoms with Gasteiger partial charge in [-0.05, 0) is 45.4 Å². The monoisotopic (exact) mass is 607 g/mol. The molecule has 0 radical (unpaired) electrons. The van der Waals surface area contributed by atoms with Gasteiger partial charge in [-0.3, -0.25) is 14.4 Å². The van der Waals surface area contributed by atoms with E-state index in [1.807, 2.05) is 24.3 Å². The summed E-state index contributed by atoms with van der Waals surface area (Å²) in [5.74, 6) is -2.86. The van der Waals surface area contributed by atoms with Gasteiger partial charge in [0.1, 0.15) is 16.4 Å². The number of ether oxygens (including phenoxy) is 3. The Morgan fingerprint density at radius 2 is 1.60 bits per heavy atom. The van der Waals surface area contributed by atoms with Gasteiger partial charge in [0.05, 0.1) is 47.1 Å². The van der Waals surface area contributed by atoms with Crippen LogP contribution in [0.4, 0.5) is 5.00 Å². The molecule has 0 aliphatic carbocycles. The Bertz CT molecular complexity index is 1490. The molecule has 0 aliphatic heterocycles. The molecule has 3 rings (SSSR count). The molecule has 0 aliphatic rings. The predicted molar refractivity (Wildman–Crippen MR) is 154 cm³/mol. The minimum atomic E-state index is -0.664. The van der Waals surface area contributed by atoms with Crippen LogP contribution in [-0.2, 0) is 35.1 Å². The summed E-state index contributed by atoms with van der Waals surface area (Å²) >= 11 is 3.24. The van der Waals surface area contributed by atoms with E-state index in [0.717, 1.165) is 33.3 Å². The molecule has 0 atom stereocenters. The zero-order valence-electron chi connectivity index (χ0n) is 22.4. The molecule has 0 fully saturated rings. The second kappa shape index (κ2) is 14.8. The highest BCUT2D eigenvalue weighted by atomic mass is 32.2. The van der Waals surface area contributed by atoms with E-state index < -0.39 is 29.7 Å². The van der Waals surface area contributed by atoms with Crippen LogP contribution in [0.2, 0.25) is 0 Å². The summed E-state index contributed by atoms with van der Waals surface area (Å²) in [5.41, 5.74) is 1.21. The van der Waals surface area contributed by atoms with E-state index in [1.165, 1.54) is 11.3 Å². The lowest BCUT2D eigenvalue weighted by atomic mass is 10.1. The molecule has 1 N–H and O–H groups in total. The Hall–Kier alpha value is -3.49. The number of fused-ring (bicyclic) bond motifs is 1. The molecule has 14 heteroatoms. The van der Waals surface area contributed by atoms with Crippen LogP contribution in [0.1, 0.15) is 46.4 Å². The lowest BCUT2D eigenvalue weighted by Crippen LogP contribution is -2.23. The van der Waals surface area contributed by atoms with E-state index in [1.54, 1.807) is 32.3 Å². The molecule has 0 spiro atoms. The summed E-state index contributed by atoms with van der Waals surface area (Å²) in [6.45, 7) is 7.05. The molecular formula is C26H29N3O8S3. The SMILES string of the molecule is CCOC(=O)Cn1c(=NC(=O)CSCC(=O)Nc2sc(C(=O)OCC)c(C)c2C(=O)OCC)sc2ccccc21. The molecule has 1 aromatic carbocycles. The number of carbonyl (C=O) groups is 5. The maximum absolute atomic E-state index is 12.7. The molecule has 2 heterocycles. The first-order valence-electron chi connectivity index (χ1n) is 12.4. The summed E-state index contributed by atoms with van der Waals surface area (Å²) in [6.07, 6.45) is 0. The number of carbonyl (C=O) groups excluding carboxylic acids is 5. The van der Waals surface area contributed by atoms with Gasteiger partial charge in [0, 0.05) is 0 Å². The standard InChI is InChI=1S/C26H29N3O8S3/c1-5-35-20(32)12-29-16-10-8-9-11-17(16)39-26(29)28-19(31)14-38-13-18(30)27-23-21(24(33)36-6-2)15(4)22(40-23)25(34)37-7-3/h8-11H,5-7,12-14H2,1-4H3,(H,27,30). The van der Waals surface area contributed by atoms with Gasteiger partial charge in [-0.1, -0.05) is 23.5 Å². The highest BCUT2D eigenvalue weighted by Gasteiger charge is 2.27. The molecule has 0 bridgehead atoms. The topological polar surface area (TPSA) is 142 Å². The summed E-state index contributed by atoms with van der Waals surface area (Å²) in [5, 5.41) is 2.82. The van der Waals surface area contributed by atoms with Gasteiger partial charge in [-0.2, -0.15) is 4.99 Å². The smallest absolute Gasteiger partial charge is 0.348 e. The average Bonchev–Trinajstić information content (AvgIpc) is 3.41. The van der Waals surface area contributed by atoms with Gasteiger partial charge in [0.25, 0.3) is 5.91 Å². The van der Waals surface area contributed by atoms with Crippen LogP contribution in [0, 0.1) is 6.92 Å². The van der Waals surface area contributed by atoms with Crippen molar-refractivity contribution in [1.29, 1.82) is 0 Å².